The molecule has 3 rings (SSSR count). The van der Waals surface area contributed by atoms with Gasteiger partial charge >= 0.3 is 12.1 Å². The predicted octanol–water partition coefficient (Wildman–Crippen LogP) is 4.29. The molecule has 1 amide bonds. The summed E-state index contributed by atoms with van der Waals surface area (Å²) in [6.07, 6.45) is -0.397. The molecule has 156 valence electrons. The van der Waals surface area contributed by atoms with E-state index in [1.165, 1.54) is 0 Å². The van der Waals surface area contributed by atoms with Gasteiger partial charge in [0.1, 0.15) is 6.61 Å². The molecule has 0 fully saturated rings. The van der Waals surface area contributed by atoms with Gasteiger partial charge in [-0.05, 0) is 33.3 Å². The Morgan fingerprint density at radius 3 is 2.48 bits per heavy atom. The molecular formula is C22H29N3O4. The van der Waals surface area contributed by atoms with Crippen molar-refractivity contribution in [2.45, 2.75) is 65.8 Å². The number of benzene rings is 1. The summed E-state index contributed by atoms with van der Waals surface area (Å²) in [4.78, 5) is 27.0. The summed E-state index contributed by atoms with van der Waals surface area (Å²) in [5.41, 5.74) is 2.95. The van der Waals surface area contributed by atoms with Crippen molar-refractivity contribution >= 4 is 12.1 Å². The van der Waals surface area contributed by atoms with Crippen LogP contribution in [0.3, 0.4) is 0 Å². The Hall–Kier alpha value is -2.83. The number of aromatic nitrogens is 2. The highest BCUT2D eigenvalue weighted by Gasteiger charge is 2.39. The summed E-state index contributed by atoms with van der Waals surface area (Å²) in [7, 11) is 0. The molecule has 1 aromatic carbocycles. The minimum Gasteiger partial charge on any atom is -0.461 e. The van der Waals surface area contributed by atoms with Gasteiger partial charge in [-0.15, -0.1) is 0 Å². The van der Waals surface area contributed by atoms with Crippen molar-refractivity contribution in [1.29, 1.82) is 0 Å². The quantitative estimate of drug-likeness (QED) is 0.702. The molecule has 2 atom stereocenters. The van der Waals surface area contributed by atoms with E-state index >= 15 is 0 Å². The van der Waals surface area contributed by atoms with Gasteiger partial charge in [-0.2, -0.15) is 5.10 Å². The second kappa shape index (κ2) is 8.68. The van der Waals surface area contributed by atoms with Crippen molar-refractivity contribution in [2.75, 3.05) is 6.61 Å². The van der Waals surface area contributed by atoms with E-state index in [1.54, 1.807) is 11.8 Å². The second-order valence-electron chi connectivity index (χ2n) is 7.67. The van der Waals surface area contributed by atoms with Crippen molar-refractivity contribution in [3.05, 3.63) is 52.8 Å². The molecular weight excluding hydrogens is 370 g/mol. The van der Waals surface area contributed by atoms with E-state index in [-0.39, 0.29) is 43.5 Å². The highest BCUT2D eigenvalue weighted by molar-refractivity contribution is 5.89. The average Bonchev–Trinajstić information content (AvgIpc) is 3.10. The fraction of sp³-hybridized carbons (Fsp3) is 0.500. The minimum atomic E-state index is -0.456. The Bertz CT molecular complexity index is 876. The fourth-order valence-electron chi connectivity index (χ4n) is 3.72. The van der Waals surface area contributed by atoms with E-state index in [1.807, 2.05) is 55.8 Å². The average molecular weight is 399 g/mol. The van der Waals surface area contributed by atoms with Crippen LogP contribution in [-0.4, -0.2) is 39.4 Å². The largest absolute Gasteiger partial charge is 0.461 e. The summed E-state index contributed by atoms with van der Waals surface area (Å²) < 4.78 is 12.6. The minimum absolute atomic E-state index is 0.00102. The maximum atomic E-state index is 12.8. The molecule has 0 spiro atoms. The first-order valence-electron chi connectivity index (χ1n) is 10.1. The maximum Gasteiger partial charge on any atom is 0.410 e. The van der Waals surface area contributed by atoms with Gasteiger partial charge in [-0.25, -0.2) is 9.59 Å². The smallest absolute Gasteiger partial charge is 0.410 e. The summed E-state index contributed by atoms with van der Waals surface area (Å²) in [6, 6.07) is 9.58. The van der Waals surface area contributed by atoms with Crippen LogP contribution in [0.15, 0.2) is 30.3 Å². The third-order valence-electron chi connectivity index (χ3n) is 5.42. The van der Waals surface area contributed by atoms with Crippen molar-refractivity contribution < 1.29 is 19.1 Å². The first-order chi connectivity index (χ1) is 13.8. The molecule has 2 heterocycles. The normalized spacial score (nSPS) is 18.5. The predicted molar refractivity (Wildman–Crippen MR) is 109 cm³/mol. The Kier molecular flexibility index (Phi) is 6.25. The standard InChI is InChI=1S/C22H29N3O4/c1-6-28-21(26)19-18-12-24(22(27)29-13-17-10-8-7-9-11-17)16(5)15(4)20(18)25(23-19)14(2)3/h7-11,14-16H,6,12-13H2,1-5H3/t15-,16-/m1/s1. The van der Waals surface area contributed by atoms with Crippen LogP contribution in [0.2, 0.25) is 0 Å². The third-order valence-corrected chi connectivity index (χ3v) is 5.42. The molecule has 7 nitrogen and oxygen atoms in total. The number of nitrogens with zero attached hydrogens (tertiary/aromatic N) is 3. The number of rotatable bonds is 5. The summed E-state index contributed by atoms with van der Waals surface area (Å²) >= 11 is 0. The number of amides is 1. The SMILES string of the molecule is CCOC(=O)c1nn(C(C)C)c2c1CN(C(=O)OCc1ccccc1)[C@H](C)[C@H]2C. The lowest BCUT2D eigenvalue weighted by molar-refractivity contribution is 0.0508. The number of ether oxygens (including phenoxy) is 2. The molecule has 1 aliphatic rings. The van der Waals surface area contributed by atoms with E-state index in [9.17, 15) is 9.59 Å². The van der Waals surface area contributed by atoms with Gasteiger partial charge in [-0.3, -0.25) is 4.68 Å². The molecule has 0 unspecified atom stereocenters. The second-order valence-corrected chi connectivity index (χ2v) is 7.67. The van der Waals surface area contributed by atoms with Gasteiger partial charge < -0.3 is 14.4 Å². The fourth-order valence-corrected chi connectivity index (χ4v) is 3.72. The number of fused-ring (bicyclic) bond motifs is 1. The van der Waals surface area contributed by atoms with Gasteiger partial charge in [0.15, 0.2) is 5.69 Å². The molecule has 0 saturated heterocycles. The van der Waals surface area contributed by atoms with Gasteiger partial charge in [0.05, 0.1) is 13.2 Å². The third kappa shape index (κ3) is 4.13. The van der Waals surface area contributed by atoms with Crippen LogP contribution in [0.25, 0.3) is 0 Å². The molecule has 0 radical (unpaired) electrons. The van der Waals surface area contributed by atoms with Crippen molar-refractivity contribution in [2.24, 2.45) is 0 Å². The number of carbonyl (C=O) groups excluding carboxylic acids is 2. The monoisotopic (exact) mass is 399 g/mol. The zero-order chi connectivity index (χ0) is 21.1. The number of hydrogen-bond acceptors (Lipinski definition) is 5. The first kappa shape index (κ1) is 20.9. The molecule has 0 bridgehead atoms. The van der Waals surface area contributed by atoms with Crippen LogP contribution < -0.4 is 0 Å². The van der Waals surface area contributed by atoms with Crippen LogP contribution >= 0.6 is 0 Å². The van der Waals surface area contributed by atoms with Crippen LogP contribution in [0.4, 0.5) is 4.79 Å². The lowest BCUT2D eigenvalue weighted by Gasteiger charge is -2.38. The number of hydrogen-bond donors (Lipinski definition) is 0. The van der Waals surface area contributed by atoms with Gasteiger partial charge in [0, 0.05) is 29.3 Å². The Balaban J connectivity index is 1.88. The van der Waals surface area contributed by atoms with Gasteiger partial charge in [0.2, 0.25) is 0 Å². The van der Waals surface area contributed by atoms with Crippen molar-refractivity contribution in [3.63, 3.8) is 0 Å². The Morgan fingerprint density at radius 2 is 1.86 bits per heavy atom. The first-order valence-corrected chi connectivity index (χ1v) is 10.1. The number of esters is 1. The van der Waals surface area contributed by atoms with Crippen LogP contribution in [0.5, 0.6) is 0 Å². The zero-order valence-corrected chi connectivity index (χ0v) is 17.7. The van der Waals surface area contributed by atoms with E-state index in [4.69, 9.17) is 9.47 Å². The highest BCUT2D eigenvalue weighted by Crippen LogP contribution is 2.37. The van der Waals surface area contributed by atoms with E-state index in [2.05, 4.69) is 12.0 Å². The number of carbonyl (C=O) groups is 2. The van der Waals surface area contributed by atoms with Crippen molar-refractivity contribution in [1.82, 2.24) is 14.7 Å². The summed E-state index contributed by atoms with van der Waals surface area (Å²) in [5.74, 6) is -0.455. The van der Waals surface area contributed by atoms with Crippen molar-refractivity contribution in [3.8, 4) is 0 Å². The zero-order valence-electron chi connectivity index (χ0n) is 17.7. The molecule has 29 heavy (non-hydrogen) atoms. The molecule has 2 aromatic rings. The molecule has 0 saturated carbocycles. The summed E-state index contributed by atoms with van der Waals surface area (Å²) in [6.45, 7) is 10.6. The van der Waals surface area contributed by atoms with Crippen LogP contribution in [0.1, 0.15) is 73.9 Å². The topological polar surface area (TPSA) is 73.7 Å². The lowest BCUT2D eigenvalue weighted by Crippen LogP contribution is -2.45. The maximum absolute atomic E-state index is 12.8. The van der Waals surface area contributed by atoms with E-state index < -0.39 is 12.1 Å². The summed E-state index contributed by atoms with van der Waals surface area (Å²) in [5, 5.41) is 4.55. The molecule has 7 heteroatoms. The van der Waals surface area contributed by atoms with Gasteiger partial charge in [-0.1, -0.05) is 37.3 Å². The molecule has 0 N–H and O–H groups in total. The van der Waals surface area contributed by atoms with Crippen LogP contribution in [-0.2, 0) is 22.6 Å². The molecule has 0 aliphatic carbocycles. The van der Waals surface area contributed by atoms with Crippen LogP contribution in [0, 0.1) is 0 Å². The Morgan fingerprint density at radius 1 is 1.17 bits per heavy atom. The van der Waals surface area contributed by atoms with Gasteiger partial charge in [0.25, 0.3) is 0 Å². The Labute approximate surface area is 171 Å². The molecule has 1 aliphatic heterocycles. The lowest BCUT2D eigenvalue weighted by atomic mass is 9.89. The highest BCUT2D eigenvalue weighted by atomic mass is 16.6. The molecule has 1 aromatic heterocycles. The van der Waals surface area contributed by atoms with E-state index in [0.717, 1.165) is 16.8 Å². The van der Waals surface area contributed by atoms with E-state index in [0.29, 0.717) is 0 Å².